The Bertz CT molecular complexity index is 1150. The molecule has 1 atom stereocenters. The van der Waals surface area contributed by atoms with Crippen LogP contribution in [0.5, 0.6) is 0 Å². The summed E-state index contributed by atoms with van der Waals surface area (Å²) in [5.41, 5.74) is -1.17. The molecular weight excluding hydrogens is 465 g/mol. The third-order valence-electron chi connectivity index (χ3n) is 5.34. The van der Waals surface area contributed by atoms with Crippen molar-refractivity contribution in [1.29, 1.82) is 0 Å². The molecule has 0 saturated carbocycles. The fourth-order valence-corrected chi connectivity index (χ4v) is 5.14. The molecule has 0 aliphatic carbocycles. The van der Waals surface area contributed by atoms with E-state index < -0.39 is 43.5 Å². The van der Waals surface area contributed by atoms with E-state index in [1.165, 1.54) is 30.3 Å². The molecule has 1 fully saturated rings. The minimum absolute atomic E-state index is 0.0943. The highest BCUT2D eigenvalue weighted by atomic mass is 32.2. The number of carbonyl (C=O) groups excluding carboxylic acids is 1. The largest absolute Gasteiger partial charge is 0.417 e. The Hall–Kier alpha value is -3.03. The van der Waals surface area contributed by atoms with Crippen LogP contribution in [-0.4, -0.2) is 60.7 Å². The fourth-order valence-electron chi connectivity index (χ4n) is 3.51. The number of benzene rings is 2. The highest BCUT2D eigenvalue weighted by molar-refractivity contribution is 7.89. The number of amides is 1. The van der Waals surface area contributed by atoms with Crippen LogP contribution in [0.3, 0.4) is 0 Å². The van der Waals surface area contributed by atoms with Crippen molar-refractivity contribution in [2.75, 3.05) is 31.5 Å². The molecule has 0 unspecified atom stereocenters. The average molecular weight is 486 g/mol. The molecule has 0 bridgehead atoms. The number of non-ortho nitro benzene ring substituents is 1. The topological polar surface area (TPSA) is 113 Å². The second-order valence-electron chi connectivity index (χ2n) is 7.41. The maximum Gasteiger partial charge on any atom is 0.417 e. The minimum atomic E-state index is -4.81. The van der Waals surface area contributed by atoms with E-state index in [4.69, 9.17) is 0 Å². The number of nitrogens with zero attached hydrogens (tertiary/aromatic N) is 3. The van der Waals surface area contributed by atoms with Gasteiger partial charge in [-0.05, 0) is 25.1 Å². The smallest absolute Gasteiger partial charge is 0.324 e. The lowest BCUT2D eigenvalue weighted by molar-refractivity contribution is -0.384. The summed E-state index contributed by atoms with van der Waals surface area (Å²) in [6.45, 7) is 1.65. The van der Waals surface area contributed by atoms with Gasteiger partial charge in [-0.3, -0.25) is 19.8 Å². The van der Waals surface area contributed by atoms with Crippen LogP contribution in [0.1, 0.15) is 12.5 Å². The Morgan fingerprint density at radius 3 is 2.33 bits per heavy atom. The van der Waals surface area contributed by atoms with Gasteiger partial charge in [-0.25, -0.2) is 8.42 Å². The zero-order chi connectivity index (χ0) is 24.4. The molecule has 1 saturated heterocycles. The first kappa shape index (κ1) is 24.6. The number of sulfonamides is 1. The van der Waals surface area contributed by atoms with E-state index >= 15 is 0 Å². The predicted molar refractivity (Wildman–Crippen MR) is 113 cm³/mol. The molecule has 13 heteroatoms. The van der Waals surface area contributed by atoms with Gasteiger partial charge in [0.05, 0.1) is 21.4 Å². The quantitative estimate of drug-likeness (QED) is 0.496. The summed E-state index contributed by atoms with van der Waals surface area (Å²) < 4.78 is 66.5. The number of nitro groups is 1. The van der Waals surface area contributed by atoms with Gasteiger partial charge in [0.1, 0.15) is 0 Å². The summed E-state index contributed by atoms with van der Waals surface area (Å²) in [7, 11) is -4.38. The molecule has 178 valence electrons. The number of piperazine rings is 1. The van der Waals surface area contributed by atoms with Gasteiger partial charge in [-0.1, -0.05) is 18.2 Å². The van der Waals surface area contributed by atoms with E-state index in [0.29, 0.717) is 0 Å². The third-order valence-corrected chi connectivity index (χ3v) is 7.29. The normalized spacial score (nSPS) is 16.8. The summed E-state index contributed by atoms with van der Waals surface area (Å²) in [4.78, 5) is 23.7. The molecule has 9 nitrogen and oxygen atoms in total. The monoisotopic (exact) mass is 486 g/mol. The second-order valence-corrected chi connectivity index (χ2v) is 9.31. The number of hydrogen-bond donors (Lipinski definition) is 1. The number of hydrogen-bond acceptors (Lipinski definition) is 6. The molecule has 1 heterocycles. The van der Waals surface area contributed by atoms with Gasteiger partial charge in [0, 0.05) is 44.0 Å². The Kier molecular flexibility index (Phi) is 7.05. The van der Waals surface area contributed by atoms with Crippen molar-refractivity contribution in [2.24, 2.45) is 0 Å². The van der Waals surface area contributed by atoms with Crippen molar-refractivity contribution in [3.63, 3.8) is 0 Å². The molecule has 1 N–H and O–H groups in total. The van der Waals surface area contributed by atoms with E-state index in [2.05, 4.69) is 5.32 Å². The summed E-state index contributed by atoms with van der Waals surface area (Å²) in [5, 5.41) is 13.5. The molecule has 1 aliphatic heterocycles. The van der Waals surface area contributed by atoms with Crippen LogP contribution < -0.4 is 5.32 Å². The molecule has 2 aromatic rings. The van der Waals surface area contributed by atoms with E-state index in [1.54, 1.807) is 11.8 Å². The van der Waals surface area contributed by atoms with Crippen LogP contribution in [0.25, 0.3) is 0 Å². The van der Waals surface area contributed by atoms with Crippen LogP contribution in [-0.2, 0) is 21.0 Å². The van der Waals surface area contributed by atoms with Gasteiger partial charge in [0.15, 0.2) is 0 Å². The SMILES string of the molecule is C[C@@H](C(=O)Nc1cccc([N+](=O)[O-])c1)N1CCN(S(=O)(=O)c2ccccc2C(F)(F)F)CC1. The molecule has 1 amide bonds. The summed E-state index contributed by atoms with van der Waals surface area (Å²) >= 11 is 0. The van der Waals surface area contributed by atoms with Gasteiger partial charge in [0.25, 0.3) is 5.69 Å². The van der Waals surface area contributed by atoms with Crippen molar-refractivity contribution in [3.05, 3.63) is 64.2 Å². The average Bonchev–Trinajstić information content (AvgIpc) is 2.78. The fraction of sp³-hybridized carbons (Fsp3) is 0.350. The second kappa shape index (κ2) is 9.45. The number of nitro benzene ring substituents is 1. The first-order valence-corrected chi connectivity index (χ1v) is 11.3. The lowest BCUT2D eigenvalue weighted by Crippen LogP contribution is -2.54. The lowest BCUT2D eigenvalue weighted by Gasteiger charge is -2.37. The van der Waals surface area contributed by atoms with Gasteiger partial charge in [-0.15, -0.1) is 0 Å². The molecule has 33 heavy (non-hydrogen) atoms. The van der Waals surface area contributed by atoms with E-state index in [-0.39, 0.29) is 37.6 Å². The summed E-state index contributed by atoms with van der Waals surface area (Å²) in [6.07, 6.45) is -4.81. The predicted octanol–water partition coefficient (Wildman–Crippen LogP) is 2.95. The Morgan fingerprint density at radius 1 is 1.09 bits per heavy atom. The molecule has 0 radical (unpaired) electrons. The van der Waals surface area contributed by atoms with Crippen LogP contribution in [0, 0.1) is 10.1 Å². The molecule has 3 rings (SSSR count). The van der Waals surface area contributed by atoms with Crippen LogP contribution in [0.2, 0.25) is 0 Å². The minimum Gasteiger partial charge on any atom is -0.324 e. The van der Waals surface area contributed by atoms with E-state index in [9.17, 15) is 36.5 Å². The standard InChI is InChI=1S/C20H21F3N4O5S/c1-14(19(28)24-15-5-4-6-16(13-15)27(29)30)25-9-11-26(12-10-25)33(31,32)18-8-3-2-7-17(18)20(21,22)23/h2-8,13-14H,9-12H2,1H3,(H,24,28)/t14-/m0/s1. The maximum atomic E-state index is 13.3. The van der Waals surface area contributed by atoms with Crippen molar-refractivity contribution >= 4 is 27.3 Å². The van der Waals surface area contributed by atoms with Gasteiger partial charge < -0.3 is 5.32 Å². The van der Waals surface area contributed by atoms with Crippen LogP contribution in [0.15, 0.2) is 53.4 Å². The highest BCUT2D eigenvalue weighted by Gasteiger charge is 2.40. The van der Waals surface area contributed by atoms with Gasteiger partial charge >= 0.3 is 6.18 Å². The van der Waals surface area contributed by atoms with Crippen molar-refractivity contribution < 1.29 is 31.3 Å². The maximum absolute atomic E-state index is 13.3. The Morgan fingerprint density at radius 2 is 1.73 bits per heavy atom. The zero-order valence-electron chi connectivity index (χ0n) is 17.4. The molecule has 0 spiro atoms. The number of alkyl halides is 3. The molecular formula is C20H21F3N4O5S. The third kappa shape index (κ3) is 5.49. The lowest BCUT2D eigenvalue weighted by atomic mass is 10.2. The van der Waals surface area contributed by atoms with Crippen LogP contribution in [0.4, 0.5) is 24.5 Å². The van der Waals surface area contributed by atoms with Crippen molar-refractivity contribution in [1.82, 2.24) is 9.21 Å². The number of nitrogens with one attached hydrogen (secondary N) is 1. The summed E-state index contributed by atoms with van der Waals surface area (Å²) in [5.74, 6) is -0.450. The van der Waals surface area contributed by atoms with Gasteiger partial charge in [0.2, 0.25) is 15.9 Å². The number of anilines is 1. The Labute approximate surface area is 188 Å². The zero-order valence-corrected chi connectivity index (χ0v) is 18.3. The first-order chi connectivity index (χ1) is 15.4. The van der Waals surface area contributed by atoms with E-state index in [1.807, 2.05) is 0 Å². The van der Waals surface area contributed by atoms with Crippen molar-refractivity contribution in [3.8, 4) is 0 Å². The first-order valence-electron chi connectivity index (χ1n) is 9.87. The summed E-state index contributed by atoms with van der Waals surface area (Å²) in [6, 6.07) is 8.75. The molecule has 1 aliphatic rings. The number of halogens is 3. The van der Waals surface area contributed by atoms with Gasteiger partial charge in [-0.2, -0.15) is 17.5 Å². The van der Waals surface area contributed by atoms with Crippen LogP contribution >= 0.6 is 0 Å². The molecule has 0 aromatic heterocycles. The number of rotatable bonds is 6. The van der Waals surface area contributed by atoms with E-state index in [0.717, 1.165) is 22.5 Å². The molecule has 2 aromatic carbocycles. The Balaban J connectivity index is 1.66. The number of carbonyl (C=O) groups is 1. The highest BCUT2D eigenvalue weighted by Crippen LogP contribution is 2.35. The van der Waals surface area contributed by atoms with Crippen molar-refractivity contribution in [2.45, 2.75) is 24.0 Å².